The SMILES string of the molecule is CCCC#CC(=O)N1CCC(c2nc(C(=O)Nc3ccccc3N3CCCCC3)cs2)CC1. The van der Waals surface area contributed by atoms with Gasteiger partial charge in [0.1, 0.15) is 5.69 Å². The van der Waals surface area contributed by atoms with Crippen LogP contribution < -0.4 is 10.2 Å². The number of para-hydroxylation sites is 2. The molecule has 0 aliphatic carbocycles. The maximum Gasteiger partial charge on any atom is 0.298 e. The Labute approximate surface area is 200 Å². The van der Waals surface area contributed by atoms with Gasteiger partial charge in [-0.2, -0.15) is 0 Å². The fourth-order valence-electron chi connectivity index (χ4n) is 4.43. The van der Waals surface area contributed by atoms with Crippen molar-refractivity contribution in [2.45, 2.75) is 57.8 Å². The molecule has 2 aromatic rings. The molecule has 2 saturated heterocycles. The Balaban J connectivity index is 1.35. The molecule has 33 heavy (non-hydrogen) atoms. The van der Waals surface area contributed by atoms with Gasteiger partial charge in [0, 0.05) is 43.9 Å². The smallest absolute Gasteiger partial charge is 0.298 e. The van der Waals surface area contributed by atoms with Crippen molar-refractivity contribution in [3.05, 3.63) is 40.3 Å². The number of benzene rings is 1. The molecule has 1 aromatic carbocycles. The number of rotatable bonds is 5. The zero-order valence-corrected chi connectivity index (χ0v) is 20.1. The highest BCUT2D eigenvalue weighted by Gasteiger charge is 2.26. The summed E-state index contributed by atoms with van der Waals surface area (Å²) < 4.78 is 0. The monoisotopic (exact) mass is 464 g/mol. The predicted octanol–water partition coefficient (Wildman–Crippen LogP) is 4.90. The molecule has 3 heterocycles. The molecule has 2 fully saturated rings. The molecule has 2 amide bonds. The number of hydrogen-bond donors (Lipinski definition) is 1. The molecule has 2 aliphatic rings. The maximum absolute atomic E-state index is 13.0. The van der Waals surface area contributed by atoms with Crippen molar-refractivity contribution in [3.8, 4) is 11.8 Å². The normalized spacial score (nSPS) is 16.8. The van der Waals surface area contributed by atoms with Gasteiger partial charge >= 0.3 is 0 Å². The summed E-state index contributed by atoms with van der Waals surface area (Å²) in [5.74, 6) is 5.72. The first kappa shape index (κ1) is 23.3. The first-order chi connectivity index (χ1) is 16.2. The molecule has 0 radical (unpaired) electrons. The fraction of sp³-hybridized carbons (Fsp3) is 0.500. The van der Waals surface area contributed by atoms with Gasteiger partial charge in [0.2, 0.25) is 0 Å². The van der Waals surface area contributed by atoms with Crippen LogP contribution in [-0.4, -0.2) is 47.9 Å². The lowest BCUT2D eigenvalue weighted by Crippen LogP contribution is -2.37. The molecule has 1 aromatic heterocycles. The van der Waals surface area contributed by atoms with Crippen molar-refractivity contribution in [2.24, 2.45) is 0 Å². The van der Waals surface area contributed by atoms with Gasteiger partial charge in [-0.15, -0.1) is 11.3 Å². The molecule has 1 N–H and O–H groups in total. The van der Waals surface area contributed by atoms with Crippen molar-refractivity contribution >= 4 is 34.5 Å². The molecule has 174 valence electrons. The molecule has 0 saturated carbocycles. The van der Waals surface area contributed by atoms with E-state index in [0.717, 1.165) is 55.2 Å². The second-order valence-corrected chi connectivity index (χ2v) is 9.60. The van der Waals surface area contributed by atoms with Crippen molar-refractivity contribution in [1.29, 1.82) is 0 Å². The summed E-state index contributed by atoms with van der Waals surface area (Å²) in [6.45, 7) is 5.49. The lowest BCUT2D eigenvalue weighted by Gasteiger charge is -2.30. The average molecular weight is 465 g/mol. The van der Waals surface area contributed by atoms with Gasteiger partial charge < -0.3 is 15.1 Å². The number of hydrogen-bond acceptors (Lipinski definition) is 5. The lowest BCUT2D eigenvalue weighted by molar-refractivity contribution is -0.126. The molecule has 0 unspecified atom stereocenters. The van der Waals surface area contributed by atoms with Gasteiger partial charge in [0.25, 0.3) is 11.8 Å². The Morgan fingerprint density at radius 3 is 2.64 bits per heavy atom. The summed E-state index contributed by atoms with van der Waals surface area (Å²) in [5.41, 5.74) is 2.39. The third-order valence-electron chi connectivity index (χ3n) is 6.31. The number of nitrogens with zero attached hydrogens (tertiary/aromatic N) is 3. The van der Waals surface area contributed by atoms with Crippen molar-refractivity contribution in [2.75, 3.05) is 36.4 Å². The van der Waals surface area contributed by atoms with Gasteiger partial charge in [-0.05, 0) is 56.6 Å². The van der Waals surface area contributed by atoms with Crippen LogP contribution in [0.3, 0.4) is 0 Å². The van der Waals surface area contributed by atoms with Crippen LogP contribution in [0.1, 0.15) is 73.3 Å². The van der Waals surface area contributed by atoms with Gasteiger partial charge in [0.15, 0.2) is 0 Å². The number of carbonyl (C=O) groups excluding carboxylic acids is 2. The van der Waals surface area contributed by atoms with Crippen LogP contribution >= 0.6 is 11.3 Å². The van der Waals surface area contributed by atoms with Crippen molar-refractivity contribution in [1.82, 2.24) is 9.88 Å². The van der Waals surface area contributed by atoms with E-state index >= 15 is 0 Å². The largest absolute Gasteiger partial charge is 0.370 e. The van der Waals surface area contributed by atoms with E-state index in [1.165, 1.54) is 30.6 Å². The molecular weight excluding hydrogens is 432 g/mol. The minimum Gasteiger partial charge on any atom is -0.370 e. The van der Waals surface area contributed by atoms with E-state index in [0.29, 0.717) is 18.8 Å². The van der Waals surface area contributed by atoms with Gasteiger partial charge in [-0.3, -0.25) is 9.59 Å². The summed E-state index contributed by atoms with van der Waals surface area (Å²) in [6, 6.07) is 8.02. The molecule has 7 heteroatoms. The summed E-state index contributed by atoms with van der Waals surface area (Å²) >= 11 is 1.54. The fourth-order valence-corrected chi connectivity index (χ4v) is 5.40. The zero-order chi connectivity index (χ0) is 23.0. The molecule has 0 atom stereocenters. The number of carbonyl (C=O) groups is 2. The molecular formula is C26H32N4O2S. The average Bonchev–Trinajstić information content (AvgIpc) is 3.36. The quantitative estimate of drug-likeness (QED) is 0.640. The first-order valence-electron chi connectivity index (χ1n) is 12.0. The molecule has 0 spiro atoms. The van der Waals surface area contributed by atoms with Crippen LogP contribution in [0.5, 0.6) is 0 Å². The first-order valence-corrected chi connectivity index (χ1v) is 12.9. The number of nitrogens with one attached hydrogen (secondary N) is 1. The Morgan fingerprint density at radius 1 is 1.12 bits per heavy atom. The van der Waals surface area contributed by atoms with E-state index in [4.69, 9.17) is 0 Å². The van der Waals surface area contributed by atoms with Crippen LogP contribution in [-0.2, 0) is 4.79 Å². The van der Waals surface area contributed by atoms with Crippen molar-refractivity contribution < 1.29 is 9.59 Å². The minimum atomic E-state index is -0.166. The molecule has 4 rings (SSSR count). The van der Waals surface area contributed by atoms with E-state index in [9.17, 15) is 9.59 Å². The van der Waals surface area contributed by atoms with Crippen molar-refractivity contribution in [3.63, 3.8) is 0 Å². The van der Waals surface area contributed by atoms with Crippen LogP contribution in [0, 0.1) is 11.8 Å². The predicted molar refractivity (Wildman–Crippen MR) is 134 cm³/mol. The number of amides is 2. The third kappa shape index (κ3) is 5.94. The Hall–Kier alpha value is -2.85. The maximum atomic E-state index is 13.0. The van der Waals surface area contributed by atoms with Gasteiger partial charge in [-0.1, -0.05) is 25.0 Å². The van der Waals surface area contributed by atoms with Crippen LogP contribution in [0.15, 0.2) is 29.6 Å². The molecule has 0 bridgehead atoms. The summed E-state index contributed by atoms with van der Waals surface area (Å²) in [4.78, 5) is 34.0. The van der Waals surface area contributed by atoms with E-state index in [1.54, 1.807) is 0 Å². The number of anilines is 2. The topological polar surface area (TPSA) is 65.5 Å². The Kier molecular flexibility index (Phi) is 8.01. The van der Waals surface area contributed by atoms with E-state index in [2.05, 4.69) is 40.0 Å². The Morgan fingerprint density at radius 2 is 1.88 bits per heavy atom. The van der Waals surface area contributed by atoms with E-state index in [-0.39, 0.29) is 17.7 Å². The lowest BCUT2D eigenvalue weighted by atomic mass is 9.97. The van der Waals surface area contributed by atoms with Crippen LogP contribution in [0.2, 0.25) is 0 Å². The van der Waals surface area contributed by atoms with E-state index in [1.807, 2.05) is 28.5 Å². The second kappa shape index (κ2) is 11.3. The molecule has 2 aliphatic heterocycles. The number of thiazole rings is 1. The summed E-state index contributed by atoms with van der Waals surface area (Å²) in [6.07, 6.45) is 7.08. The van der Waals surface area contributed by atoms with Gasteiger partial charge in [0.05, 0.1) is 16.4 Å². The Bertz CT molecular complexity index is 1020. The number of aromatic nitrogens is 1. The highest BCUT2D eigenvalue weighted by atomic mass is 32.1. The highest BCUT2D eigenvalue weighted by molar-refractivity contribution is 7.10. The summed E-state index contributed by atoms with van der Waals surface area (Å²) in [5, 5.41) is 5.91. The second-order valence-electron chi connectivity index (χ2n) is 8.71. The minimum absolute atomic E-state index is 0.0755. The number of likely N-dealkylation sites (tertiary alicyclic amines) is 1. The zero-order valence-electron chi connectivity index (χ0n) is 19.3. The van der Waals surface area contributed by atoms with Crippen LogP contribution in [0.25, 0.3) is 0 Å². The number of unbranched alkanes of at least 4 members (excludes halogenated alkanes) is 1. The third-order valence-corrected chi connectivity index (χ3v) is 7.31. The van der Waals surface area contributed by atoms with Crippen LogP contribution in [0.4, 0.5) is 11.4 Å². The summed E-state index contributed by atoms with van der Waals surface area (Å²) in [7, 11) is 0. The highest BCUT2D eigenvalue weighted by Crippen LogP contribution is 2.32. The molecule has 6 nitrogen and oxygen atoms in total. The van der Waals surface area contributed by atoms with Gasteiger partial charge in [-0.25, -0.2) is 4.98 Å². The number of piperidine rings is 2. The van der Waals surface area contributed by atoms with E-state index < -0.39 is 0 Å². The standard InChI is InChI=1S/C26H32N4O2S/c1-2-3-5-12-24(31)30-17-13-20(14-18-30)26-28-22(19-33-26)25(32)27-21-10-6-7-11-23(21)29-15-8-4-9-16-29/h6-7,10-11,19-20H,2-4,8-9,13-18H2,1H3,(H,27,32).